The van der Waals surface area contributed by atoms with Gasteiger partial charge in [-0.15, -0.1) is 11.3 Å². The van der Waals surface area contributed by atoms with Crippen molar-refractivity contribution in [1.29, 1.82) is 0 Å². The number of nitrogens with zero attached hydrogens (tertiary/aromatic N) is 1. The van der Waals surface area contributed by atoms with E-state index in [1.54, 1.807) is 23.6 Å². The van der Waals surface area contributed by atoms with E-state index < -0.39 is 0 Å². The molecule has 0 saturated carbocycles. The molecule has 82 valence electrons. The second-order valence-corrected chi connectivity index (χ2v) is 5.11. The number of thiazole rings is 1. The van der Waals surface area contributed by atoms with Crippen molar-refractivity contribution in [3.8, 4) is 10.6 Å². The molecule has 2 aromatic rings. The lowest BCUT2D eigenvalue weighted by atomic mass is 10.2. The van der Waals surface area contributed by atoms with Crippen LogP contribution in [0.15, 0.2) is 23.6 Å². The maximum atomic E-state index is 6.07. The van der Waals surface area contributed by atoms with Crippen molar-refractivity contribution < 1.29 is 0 Å². The molecule has 0 aliphatic rings. The molecule has 0 saturated heterocycles. The second-order valence-electron chi connectivity index (χ2n) is 3.00. The summed E-state index contributed by atoms with van der Waals surface area (Å²) in [5.74, 6) is 0. The van der Waals surface area contributed by atoms with Crippen LogP contribution in [0.2, 0.25) is 10.0 Å². The molecule has 2 N–H and O–H groups in total. The second kappa shape index (κ2) is 4.67. The summed E-state index contributed by atoms with van der Waals surface area (Å²) in [4.78, 5) is 4.55. The van der Waals surface area contributed by atoms with Gasteiger partial charge in [-0.2, -0.15) is 0 Å². The minimum Gasteiger partial charge on any atom is -0.388 e. The normalized spacial score (nSPS) is 10.4. The first kappa shape index (κ1) is 11.8. The van der Waals surface area contributed by atoms with Gasteiger partial charge in [-0.05, 0) is 12.1 Å². The number of hydrogen-bond acceptors (Lipinski definition) is 3. The molecule has 1 heterocycles. The van der Waals surface area contributed by atoms with Crippen molar-refractivity contribution >= 4 is 51.7 Å². The van der Waals surface area contributed by atoms with E-state index in [1.165, 1.54) is 11.3 Å². The highest BCUT2D eigenvalue weighted by atomic mass is 35.5. The van der Waals surface area contributed by atoms with Crippen molar-refractivity contribution in [2.45, 2.75) is 0 Å². The smallest absolute Gasteiger partial charge is 0.127 e. The van der Waals surface area contributed by atoms with Crippen LogP contribution in [-0.4, -0.2) is 9.97 Å². The Morgan fingerprint density at radius 2 is 1.94 bits per heavy atom. The van der Waals surface area contributed by atoms with E-state index in [-0.39, 0.29) is 4.99 Å². The highest BCUT2D eigenvalue weighted by molar-refractivity contribution is 7.80. The summed E-state index contributed by atoms with van der Waals surface area (Å²) in [6, 6.07) is 5.32. The van der Waals surface area contributed by atoms with Gasteiger partial charge in [0.1, 0.15) is 15.7 Å². The average Bonchev–Trinajstić information content (AvgIpc) is 2.66. The van der Waals surface area contributed by atoms with Crippen molar-refractivity contribution in [3.63, 3.8) is 0 Å². The van der Waals surface area contributed by atoms with Crippen LogP contribution in [-0.2, 0) is 0 Å². The molecule has 6 heteroatoms. The van der Waals surface area contributed by atoms with Gasteiger partial charge in [0.2, 0.25) is 0 Å². The third kappa shape index (κ3) is 2.20. The number of thiocarbonyl (C=S) groups is 1. The van der Waals surface area contributed by atoms with Gasteiger partial charge in [-0.1, -0.05) is 41.5 Å². The minimum absolute atomic E-state index is 0.269. The fourth-order valence-corrected chi connectivity index (χ4v) is 2.96. The molecule has 2 nitrogen and oxygen atoms in total. The lowest BCUT2D eigenvalue weighted by Crippen LogP contribution is -2.09. The molecule has 0 radical (unpaired) electrons. The topological polar surface area (TPSA) is 38.9 Å². The van der Waals surface area contributed by atoms with Gasteiger partial charge in [0.25, 0.3) is 0 Å². The summed E-state index contributed by atoms with van der Waals surface area (Å²) in [6.07, 6.45) is 0. The Morgan fingerprint density at radius 1 is 1.31 bits per heavy atom. The first-order valence-electron chi connectivity index (χ1n) is 4.29. The Kier molecular flexibility index (Phi) is 3.44. The van der Waals surface area contributed by atoms with Gasteiger partial charge in [0, 0.05) is 10.9 Å². The van der Waals surface area contributed by atoms with Crippen molar-refractivity contribution in [2.75, 3.05) is 0 Å². The van der Waals surface area contributed by atoms with Gasteiger partial charge in [-0.25, -0.2) is 4.98 Å². The molecule has 0 bridgehead atoms. The lowest BCUT2D eigenvalue weighted by Gasteiger charge is -2.02. The van der Waals surface area contributed by atoms with E-state index in [4.69, 9.17) is 41.2 Å². The molecule has 0 amide bonds. The molecule has 0 fully saturated rings. The third-order valence-corrected chi connectivity index (χ3v) is 3.63. The Morgan fingerprint density at radius 3 is 2.44 bits per heavy atom. The lowest BCUT2D eigenvalue weighted by molar-refractivity contribution is 1.37. The maximum Gasteiger partial charge on any atom is 0.127 e. The Balaban J connectivity index is 2.54. The summed E-state index contributed by atoms with van der Waals surface area (Å²) in [5.41, 5.74) is 6.80. The standard InChI is InChI=1S/C10H6Cl2N2S2/c11-5-2-1-3-6(12)8(5)10-14-7(4-16-10)9(13)15/h1-4H,(H2,13,15). The van der Waals surface area contributed by atoms with Gasteiger partial charge in [-0.3, -0.25) is 0 Å². The average molecular weight is 289 g/mol. The van der Waals surface area contributed by atoms with E-state index in [2.05, 4.69) is 4.98 Å². The van der Waals surface area contributed by atoms with Crippen LogP contribution in [0.3, 0.4) is 0 Å². The third-order valence-electron chi connectivity index (χ3n) is 1.93. The summed E-state index contributed by atoms with van der Waals surface area (Å²) >= 11 is 18.4. The Hall–Kier alpha value is -0.680. The Labute approximate surface area is 112 Å². The number of halogens is 2. The van der Waals surface area contributed by atoms with E-state index in [9.17, 15) is 0 Å². The predicted octanol–water partition coefficient (Wildman–Crippen LogP) is 3.75. The van der Waals surface area contributed by atoms with E-state index >= 15 is 0 Å². The molecule has 1 aromatic heterocycles. The van der Waals surface area contributed by atoms with E-state index in [0.717, 1.165) is 10.6 Å². The van der Waals surface area contributed by atoms with Gasteiger partial charge in [0.05, 0.1) is 10.0 Å². The monoisotopic (exact) mass is 288 g/mol. The van der Waals surface area contributed by atoms with Crippen LogP contribution < -0.4 is 5.73 Å². The SMILES string of the molecule is NC(=S)c1csc(-c2c(Cl)cccc2Cl)n1. The van der Waals surface area contributed by atoms with Crippen LogP contribution in [0.1, 0.15) is 5.69 Å². The van der Waals surface area contributed by atoms with Crippen molar-refractivity contribution in [1.82, 2.24) is 4.98 Å². The summed E-state index contributed by atoms with van der Waals surface area (Å²) < 4.78 is 0. The zero-order valence-electron chi connectivity index (χ0n) is 7.91. The highest BCUT2D eigenvalue weighted by Gasteiger charge is 2.12. The van der Waals surface area contributed by atoms with Crippen LogP contribution in [0.4, 0.5) is 0 Å². The molecule has 16 heavy (non-hydrogen) atoms. The number of aromatic nitrogens is 1. The fourth-order valence-electron chi connectivity index (χ4n) is 1.20. The maximum absolute atomic E-state index is 6.07. The molecule has 0 aliphatic carbocycles. The quantitative estimate of drug-likeness (QED) is 0.856. The molecule has 0 atom stereocenters. The molecular weight excluding hydrogens is 283 g/mol. The fraction of sp³-hybridized carbons (Fsp3) is 0. The molecule has 0 unspecified atom stereocenters. The number of rotatable bonds is 2. The van der Waals surface area contributed by atoms with Crippen LogP contribution in [0.25, 0.3) is 10.6 Å². The molecule has 2 rings (SSSR count). The number of nitrogens with two attached hydrogens (primary N) is 1. The van der Waals surface area contributed by atoms with Crippen LogP contribution in [0, 0.1) is 0 Å². The number of hydrogen-bond donors (Lipinski definition) is 1. The summed E-state index contributed by atoms with van der Waals surface area (Å²) in [6.45, 7) is 0. The predicted molar refractivity (Wildman–Crippen MR) is 73.5 cm³/mol. The zero-order valence-corrected chi connectivity index (χ0v) is 11.1. The first-order chi connectivity index (χ1) is 7.59. The van der Waals surface area contributed by atoms with E-state index in [0.29, 0.717) is 15.7 Å². The van der Waals surface area contributed by atoms with Crippen LogP contribution in [0.5, 0.6) is 0 Å². The largest absolute Gasteiger partial charge is 0.388 e. The summed E-state index contributed by atoms with van der Waals surface area (Å²) in [7, 11) is 0. The summed E-state index contributed by atoms with van der Waals surface area (Å²) in [5, 5.41) is 3.64. The van der Waals surface area contributed by atoms with Crippen molar-refractivity contribution in [2.24, 2.45) is 5.73 Å². The molecule has 0 aliphatic heterocycles. The molecular formula is C10H6Cl2N2S2. The molecule has 1 aromatic carbocycles. The zero-order chi connectivity index (χ0) is 11.7. The van der Waals surface area contributed by atoms with Gasteiger partial charge < -0.3 is 5.73 Å². The molecule has 0 spiro atoms. The number of benzene rings is 1. The minimum atomic E-state index is 0.269. The highest BCUT2D eigenvalue weighted by Crippen LogP contribution is 2.36. The van der Waals surface area contributed by atoms with E-state index in [1.807, 2.05) is 0 Å². The van der Waals surface area contributed by atoms with Gasteiger partial charge in [0.15, 0.2) is 0 Å². The van der Waals surface area contributed by atoms with Crippen molar-refractivity contribution in [3.05, 3.63) is 39.3 Å². The van der Waals surface area contributed by atoms with Crippen LogP contribution >= 0.6 is 46.8 Å². The first-order valence-corrected chi connectivity index (χ1v) is 6.33. The Bertz CT molecular complexity index is 531. The van der Waals surface area contributed by atoms with Gasteiger partial charge >= 0.3 is 0 Å².